The van der Waals surface area contributed by atoms with E-state index in [-0.39, 0.29) is 0 Å². The van der Waals surface area contributed by atoms with Crippen molar-refractivity contribution in [3.05, 3.63) is 51.5 Å². The van der Waals surface area contributed by atoms with E-state index in [0.717, 1.165) is 12.8 Å². The molecule has 0 aliphatic carbocycles. The molecule has 2 nitrogen and oxygen atoms in total. The number of aromatic nitrogens is 1. The molecule has 1 aromatic heterocycles. The van der Waals surface area contributed by atoms with Crippen molar-refractivity contribution in [1.82, 2.24) is 10.3 Å². The molecule has 18 heavy (non-hydrogen) atoms. The van der Waals surface area contributed by atoms with Gasteiger partial charge in [0.1, 0.15) is 0 Å². The van der Waals surface area contributed by atoms with Gasteiger partial charge in [0.05, 0.1) is 10.7 Å². The molecule has 2 rings (SSSR count). The number of benzene rings is 1. The Morgan fingerprint density at radius 2 is 2.22 bits per heavy atom. The van der Waals surface area contributed by atoms with E-state index in [1.165, 1.54) is 21.8 Å². The molecule has 0 amide bonds. The van der Waals surface area contributed by atoms with Gasteiger partial charge in [0.2, 0.25) is 0 Å². The predicted octanol–water partition coefficient (Wildman–Crippen LogP) is 3.19. The van der Waals surface area contributed by atoms with E-state index in [0.29, 0.717) is 6.04 Å². The fraction of sp³-hybridized carbons (Fsp3) is 0.400. The van der Waals surface area contributed by atoms with Gasteiger partial charge in [0, 0.05) is 24.3 Å². The smallest absolute Gasteiger partial charge is 0.0972 e. The number of thiazole rings is 1. The lowest BCUT2D eigenvalue weighted by molar-refractivity contribution is 0.601. The van der Waals surface area contributed by atoms with E-state index < -0.39 is 0 Å². The van der Waals surface area contributed by atoms with E-state index in [4.69, 9.17) is 4.98 Å². The molecule has 0 saturated carbocycles. The minimum atomic E-state index is 0.485. The molecular formula is C15H20N2S. The van der Waals surface area contributed by atoms with Crippen LogP contribution < -0.4 is 5.32 Å². The Morgan fingerprint density at radius 3 is 2.94 bits per heavy atom. The summed E-state index contributed by atoms with van der Waals surface area (Å²) in [6.07, 6.45) is 1.95. The van der Waals surface area contributed by atoms with Gasteiger partial charge < -0.3 is 5.32 Å². The number of hydrogen-bond acceptors (Lipinski definition) is 3. The maximum atomic E-state index is 4.70. The molecule has 0 aliphatic rings. The average Bonchev–Trinajstić information content (AvgIpc) is 2.76. The van der Waals surface area contributed by atoms with Gasteiger partial charge in [-0.25, -0.2) is 4.98 Å². The van der Waals surface area contributed by atoms with Gasteiger partial charge in [-0.15, -0.1) is 11.3 Å². The van der Waals surface area contributed by atoms with Crippen LogP contribution in [-0.2, 0) is 12.8 Å². The summed E-state index contributed by atoms with van der Waals surface area (Å²) >= 11 is 1.76. The zero-order valence-electron chi connectivity index (χ0n) is 11.2. The maximum absolute atomic E-state index is 4.70. The van der Waals surface area contributed by atoms with Gasteiger partial charge in [-0.2, -0.15) is 0 Å². The lowest BCUT2D eigenvalue weighted by atomic mass is 10.1. The first kappa shape index (κ1) is 13.2. The molecule has 0 saturated heterocycles. The molecule has 0 radical (unpaired) electrons. The molecule has 96 valence electrons. The Morgan fingerprint density at radius 1 is 1.39 bits per heavy atom. The van der Waals surface area contributed by atoms with Crippen molar-refractivity contribution in [2.24, 2.45) is 0 Å². The highest BCUT2D eigenvalue weighted by molar-refractivity contribution is 7.09. The molecule has 1 unspecified atom stereocenters. The predicted molar refractivity (Wildman–Crippen MR) is 78.3 cm³/mol. The van der Waals surface area contributed by atoms with E-state index >= 15 is 0 Å². The zero-order chi connectivity index (χ0) is 13.0. The fourth-order valence-electron chi connectivity index (χ4n) is 1.94. The van der Waals surface area contributed by atoms with Crippen LogP contribution >= 0.6 is 11.3 Å². The molecule has 0 spiro atoms. The number of hydrogen-bond donors (Lipinski definition) is 1. The Labute approximate surface area is 113 Å². The highest BCUT2D eigenvalue weighted by atomic mass is 32.1. The van der Waals surface area contributed by atoms with Crippen LogP contribution in [0.1, 0.15) is 28.8 Å². The Balaban J connectivity index is 2.02. The van der Waals surface area contributed by atoms with Crippen molar-refractivity contribution in [1.29, 1.82) is 0 Å². The molecule has 2 aromatic rings. The second-order valence-corrected chi connectivity index (χ2v) is 5.73. The van der Waals surface area contributed by atoms with E-state index in [9.17, 15) is 0 Å². The summed E-state index contributed by atoms with van der Waals surface area (Å²) in [7, 11) is 1.99. The van der Waals surface area contributed by atoms with Crippen LogP contribution in [0.15, 0.2) is 29.6 Å². The maximum Gasteiger partial charge on any atom is 0.0972 e. The lowest BCUT2D eigenvalue weighted by Crippen LogP contribution is -2.23. The van der Waals surface area contributed by atoms with Crippen molar-refractivity contribution in [3.8, 4) is 0 Å². The molecule has 1 N–H and O–H groups in total. The van der Waals surface area contributed by atoms with Crippen LogP contribution in [0.5, 0.6) is 0 Å². The van der Waals surface area contributed by atoms with Crippen molar-refractivity contribution in [2.75, 3.05) is 7.05 Å². The Kier molecular flexibility index (Phi) is 4.50. The van der Waals surface area contributed by atoms with Gasteiger partial charge in [-0.3, -0.25) is 0 Å². The SMILES string of the molecule is CNC(C)Cc1csc(Cc2cccc(C)c2)n1. The summed E-state index contributed by atoms with van der Waals surface area (Å²) in [4.78, 5) is 4.70. The monoisotopic (exact) mass is 260 g/mol. The highest BCUT2D eigenvalue weighted by Gasteiger charge is 2.06. The Bertz CT molecular complexity index is 505. The fourth-order valence-corrected chi connectivity index (χ4v) is 2.78. The number of likely N-dealkylation sites (N-methyl/N-ethyl adjacent to an activating group) is 1. The minimum Gasteiger partial charge on any atom is -0.317 e. The lowest BCUT2D eigenvalue weighted by Gasteiger charge is -2.06. The molecule has 1 atom stereocenters. The van der Waals surface area contributed by atoms with Crippen LogP contribution in [0.4, 0.5) is 0 Å². The summed E-state index contributed by atoms with van der Waals surface area (Å²) in [5.41, 5.74) is 3.86. The standard InChI is InChI=1S/C15H20N2S/c1-11-5-4-6-13(7-11)9-15-17-14(10-18-15)8-12(2)16-3/h4-7,10,12,16H,8-9H2,1-3H3. The van der Waals surface area contributed by atoms with Gasteiger partial charge >= 0.3 is 0 Å². The largest absolute Gasteiger partial charge is 0.317 e. The summed E-state index contributed by atoms with van der Waals surface area (Å²) in [6, 6.07) is 9.13. The van der Waals surface area contributed by atoms with Gasteiger partial charge in [-0.1, -0.05) is 29.8 Å². The van der Waals surface area contributed by atoms with E-state index in [1.807, 2.05) is 7.05 Å². The molecular weight excluding hydrogens is 240 g/mol. The minimum absolute atomic E-state index is 0.485. The number of nitrogens with one attached hydrogen (secondary N) is 1. The number of rotatable bonds is 5. The topological polar surface area (TPSA) is 24.9 Å². The van der Waals surface area contributed by atoms with Crippen LogP contribution in [0.2, 0.25) is 0 Å². The van der Waals surface area contributed by atoms with Crippen molar-refractivity contribution in [2.45, 2.75) is 32.7 Å². The third-order valence-corrected chi connectivity index (χ3v) is 3.94. The van der Waals surface area contributed by atoms with Crippen molar-refractivity contribution < 1.29 is 0 Å². The molecule has 0 bridgehead atoms. The summed E-state index contributed by atoms with van der Waals surface area (Å²) in [5.74, 6) is 0. The zero-order valence-corrected chi connectivity index (χ0v) is 12.1. The molecule has 1 heterocycles. The van der Waals surface area contributed by atoms with Crippen molar-refractivity contribution >= 4 is 11.3 Å². The second kappa shape index (κ2) is 6.12. The van der Waals surface area contributed by atoms with Crippen LogP contribution in [0.25, 0.3) is 0 Å². The molecule has 3 heteroatoms. The third-order valence-electron chi connectivity index (χ3n) is 3.05. The quantitative estimate of drug-likeness (QED) is 0.893. The van der Waals surface area contributed by atoms with E-state index in [2.05, 4.69) is 48.8 Å². The molecule has 0 aliphatic heterocycles. The van der Waals surface area contributed by atoms with E-state index in [1.54, 1.807) is 11.3 Å². The summed E-state index contributed by atoms with van der Waals surface area (Å²) in [6.45, 7) is 4.31. The summed E-state index contributed by atoms with van der Waals surface area (Å²) < 4.78 is 0. The first-order valence-electron chi connectivity index (χ1n) is 6.33. The third kappa shape index (κ3) is 3.65. The Hall–Kier alpha value is -1.19. The van der Waals surface area contributed by atoms with Crippen LogP contribution in [-0.4, -0.2) is 18.1 Å². The first-order chi connectivity index (χ1) is 8.67. The first-order valence-corrected chi connectivity index (χ1v) is 7.21. The van der Waals surface area contributed by atoms with Gasteiger partial charge in [0.25, 0.3) is 0 Å². The highest BCUT2D eigenvalue weighted by Crippen LogP contribution is 2.16. The molecule has 1 aromatic carbocycles. The van der Waals surface area contributed by atoms with Crippen LogP contribution in [0, 0.1) is 6.92 Å². The number of nitrogens with zero attached hydrogens (tertiary/aromatic N) is 1. The second-order valence-electron chi connectivity index (χ2n) is 4.79. The van der Waals surface area contributed by atoms with Gasteiger partial charge in [0.15, 0.2) is 0 Å². The summed E-state index contributed by atoms with van der Waals surface area (Å²) in [5, 5.41) is 6.63. The van der Waals surface area contributed by atoms with Gasteiger partial charge in [-0.05, 0) is 26.5 Å². The normalized spacial score (nSPS) is 12.6. The number of aryl methyl sites for hydroxylation is 1. The van der Waals surface area contributed by atoms with Crippen LogP contribution in [0.3, 0.4) is 0 Å². The molecule has 0 fully saturated rings. The average molecular weight is 260 g/mol. The van der Waals surface area contributed by atoms with Crippen molar-refractivity contribution in [3.63, 3.8) is 0 Å².